The van der Waals surface area contributed by atoms with E-state index in [1.54, 1.807) is 0 Å². The molecule has 17 heavy (non-hydrogen) atoms. The molecule has 0 spiro atoms. The molecular formula is C16H15S+. The van der Waals surface area contributed by atoms with E-state index in [1.165, 1.54) is 16.7 Å². The van der Waals surface area contributed by atoms with Crippen molar-refractivity contribution in [2.45, 2.75) is 5.25 Å². The van der Waals surface area contributed by atoms with E-state index < -0.39 is 0 Å². The van der Waals surface area contributed by atoms with Gasteiger partial charge in [-0.05, 0) is 11.6 Å². The molecule has 0 N–H and O–H groups in total. The summed E-state index contributed by atoms with van der Waals surface area (Å²) in [5.41, 5.74) is 4.26. The lowest BCUT2D eigenvalue weighted by atomic mass is 9.99. The van der Waals surface area contributed by atoms with Gasteiger partial charge in [0.25, 0.3) is 0 Å². The second-order valence-corrected chi connectivity index (χ2v) is 6.29. The average molecular weight is 239 g/mol. The van der Waals surface area contributed by atoms with E-state index in [4.69, 9.17) is 0 Å². The Bertz CT molecular complexity index is 542. The van der Waals surface area contributed by atoms with Gasteiger partial charge in [-0.1, -0.05) is 54.6 Å². The van der Waals surface area contributed by atoms with Crippen LogP contribution in [0.5, 0.6) is 0 Å². The van der Waals surface area contributed by atoms with E-state index in [0.717, 1.165) is 0 Å². The summed E-state index contributed by atoms with van der Waals surface area (Å²) in [5, 5.41) is 2.87. The van der Waals surface area contributed by atoms with E-state index in [-0.39, 0.29) is 10.9 Å². The standard InChI is InChI=1S/C16H15S/c1-17-12-11-13-7-5-6-10-15(13)16(17)14-8-3-2-4-9-14/h2-12,16H,1H3/q+1/t16-,17?/m0/s1. The largest absolute Gasteiger partial charge is 0.173 e. The molecule has 0 bridgehead atoms. The van der Waals surface area contributed by atoms with Gasteiger partial charge in [0.05, 0.1) is 0 Å². The summed E-state index contributed by atoms with van der Waals surface area (Å²) >= 11 is 0. The fourth-order valence-electron chi connectivity index (χ4n) is 2.38. The maximum atomic E-state index is 2.35. The van der Waals surface area contributed by atoms with Gasteiger partial charge in [0.15, 0.2) is 5.25 Å². The zero-order chi connectivity index (χ0) is 11.7. The number of hydrogen-bond donors (Lipinski definition) is 0. The molecule has 1 heterocycles. The van der Waals surface area contributed by atoms with Crippen LogP contribution < -0.4 is 0 Å². The predicted octanol–water partition coefficient (Wildman–Crippen LogP) is 4.01. The Balaban J connectivity index is 2.13. The van der Waals surface area contributed by atoms with Crippen molar-refractivity contribution in [1.29, 1.82) is 0 Å². The molecule has 1 aliphatic rings. The van der Waals surface area contributed by atoms with E-state index in [2.05, 4.69) is 72.3 Å². The molecule has 0 aromatic heterocycles. The lowest BCUT2D eigenvalue weighted by Gasteiger charge is -2.20. The zero-order valence-electron chi connectivity index (χ0n) is 9.84. The SMILES string of the molecule is C[S+]1C=Cc2ccccc2[C@@H]1c1ccccc1. The highest BCUT2D eigenvalue weighted by atomic mass is 32.2. The Morgan fingerprint density at radius 1 is 0.882 bits per heavy atom. The van der Waals surface area contributed by atoms with Gasteiger partial charge >= 0.3 is 0 Å². The minimum atomic E-state index is 0.279. The summed E-state index contributed by atoms with van der Waals surface area (Å²) < 4.78 is 0. The minimum Gasteiger partial charge on any atom is -0.0622 e. The van der Waals surface area contributed by atoms with Crippen molar-refractivity contribution in [2.75, 3.05) is 6.26 Å². The zero-order valence-corrected chi connectivity index (χ0v) is 10.7. The second kappa shape index (κ2) is 4.42. The molecule has 0 radical (unpaired) electrons. The highest BCUT2D eigenvalue weighted by molar-refractivity contribution is 7.99. The minimum absolute atomic E-state index is 0.279. The smallest absolute Gasteiger partial charge is 0.0622 e. The lowest BCUT2D eigenvalue weighted by molar-refractivity contribution is 1.14. The van der Waals surface area contributed by atoms with Gasteiger partial charge in [0.1, 0.15) is 11.7 Å². The van der Waals surface area contributed by atoms with Crippen LogP contribution in [0.15, 0.2) is 60.0 Å². The van der Waals surface area contributed by atoms with Crippen molar-refractivity contribution in [3.63, 3.8) is 0 Å². The molecule has 0 fully saturated rings. The molecule has 0 saturated carbocycles. The fraction of sp³-hybridized carbons (Fsp3) is 0.125. The van der Waals surface area contributed by atoms with E-state index in [0.29, 0.717) is 5.25 Å². The van der Waals surface area contributed by atoms with E-state index >= 15 is 0 Å². The van der Waals surface area contributed by atoms with Gasteiger partial charge in [0, 0.05) is 22.0 Å². The van der Waals surface area contributed by atoms with Crippen molar-refractivity contribution in [3.8, 4) is 0 Å². The quantitative estimate of drug-likeness (QED) is 0.660. The molecule has 1 heteroatoms. The Morgan fingerprint density at radius 3 is 2.41 bits per heavy atom. The van der Waals surface area contributed by atoms with Crippen LogP contribution in [0, 0.1) is 0 Å². The molecular weight excluding hydrogens is 224 g/mol. The molecule has 2 atom stereocenters. The molecule has 0 amide bonds. The van der Waals surface area contributed by atoms with Crippen LogP contribution in [0.2, 0.25) is 0 Å². The highest BCUT2D eigenvalue weighted by Gasteiger charge is 2.32. The highest BCUT2D eigenvalue weighted by Crippen LogP contribution is 2.37. The third-order valence-electron chi connectivity index (χ3n) is 3.21. The number of benzene rings is 2. The first-order valence-electron chi connectivity index (χ1n) is 5.82. The van der Waals surface area contributed by atoms with E-state index in [1.807, 2.05) is 0 Å². The number of hydrogen-bond acceptors (Lipinski definition) is 0. The van der Waals surface area contributed by atoms with Crippen LogP contribution >= 0.6 is 0 Å². The summed E-state index contributed by atoms with van der Waals surface area (Å²) in [6.45, 7) is 0. The molecule has 84 valence electrons. The van der Waals surface area contributed by atoms with Crippen molar-refractivity contribution in [2.24, 2.45) is 0 Å². The lowest BCUT2D eigenvalue weighted by Crippen LogP contribution is -2.15. The molecule has 3 rings (SSSR count). The summed E-state index contributed by atoms with van der Waals surface area (Å²) in [7, 11) is 0.279. The molecule has 2 aromatic rings. The number of fused-ring (bicyclic) bond motifs is 1. The molecule has 0 saturated heterocycles. The van der Waals surface area contributed by atoms with Crippen molar-refractivity contribution in [3.05, 3.63) is 76.7 Å². The molecule has 1 aliphatic heterocycles. The average Bonchev–Trinajstić information content (AvgIpc) is 2.39. The molecule has 0 nitrogen and oxygen atoms in total. The molecule has 0 aliphatic carbocycles. The number of rotatable bonds is 1. The van der Waals surface area contributed by atoms with Gasteiger partial charge in [-0.25, -0.2) is 0 Å². The first-order chi connectivity index (χ1) is 8.36. The van der Waals surface area contributed by atoms with Crippen LogP contribution in [0.25, 0.3) is 6.08 Å². The van der Waals surface area contributed by atoms with Crippen LogP contribution in [0.3, 0.4) is 0 Å². The topological polar surface area (TPSA) is 0 Å². The van der Waals surface area contributed by atoms with Crippen LogP contribution in [-0.2, 0) is 10.9 Å². The van der Waals surface area contributed by atoms with Crippen LogP contribution in [0.1, 0.15) is 21.9 Å². The second-order valence-electron chi connectivity index (χ2n) is 4.33. The van der Waals surface area contributed by atoms with Crippen molar-refractivity contribution >= 4 is 17.0 Å². The Kier molecular flexibility index (Phi) is 2.77. The van der Waals surface area contributed by atoms with Gasteiger partial charge in [-0.15, -0.1) is 0 Å². The van der Waals surface area contributed by atoms with Crippen LogP contribution in [-0.4, -0.2) is 6.26 Å². The monoisotopic (exact) mass is 239 g/mol. The summed E-state index contributed by atoms with van der Waals surface area (Å²) in [6.07, 6.45) is 4.59. The molecule has 1 unspecified atom stereocenters. The normalized spacial score (nSPS) is 22.2. The third kappa shape index (κ3) is 1.91. The molecule has 2 aromatic carbocycles. The third-order valence-corrected chi connectivity index (χ3v) is 5.05. The van der Waals surface area contributed by atoms with Gasteiger partial charge in [-0.2, -0.15) is 0 Å². The maximum Gasteiger partial charge on any atom is 0.173 e. The Labute approximate surface area is 105 Å². The van der Waals surface area contributed by atoms with Gasteiger partial charge in [0.2, 0.25) is 0 Å². The summed E-state index contributed by atoms with van der Waals surface area (Å²) in [6, 6.07) is 19.6. The first-order valence-corrected chi connectivity index (χ1v) is 7.58. The maximum absolute atomic E-state index is 2.35. The van der Waals surface area contributed by atoms with Crippen LogP contribution in [0.4, 0.5) is 0 Å². The van der Waals surface area contributed by atoms with E-state index in [9.17, 15) is 0 Å². The first kappa shape index (κ1) is 10.7. The summed E-state index contributed by atoms with van der Waals surface area (Å²) in [4.78, 5) is 0. The Morgan fingerprint density at radius 2 is 1.59 bits per heavy atom. The predicted molar refractivity (Wildman–Crippen MR) is 77.1 cm³/mol. The van der Waals surface area contributed by atoms with Crippen molar-refractivity contribution in [1.82, 2.24) is 0 Å². The fourth-order valence-corrected chi connectivity index (χ4v) is 4.10. The Hall–Kier alpha value is -1.47. The summed E-state index contributed by atoms with van der Waals surface area (Å²) in [5.74, 6) is 0. The van der Waals surface area contributed by atoms with Gasteiger partial charge < -0.3 is 0 Å². The van der Waals surface area contributed by atoms with Crippen molar-refractivity contribution < 1.29 is 0 Å². The van der Waals surface area contributed by atoms with Gasteiger partial charge in [-0.3, -0.25) is 0 Å².